The zero-order valence-corrected chi connectivity index (χ0v) is 12.5. The molecule has 0 spiro atoms. The molecule has 0 aliphatic heterocycles. The number of nitrogens with one attached hydrogen (secondary N) is 2. The van der Waals surface area contributed by atoms with Crippen molar-refractivity contribution < 1.29 is 15.0 Å². The van der Waals surface area contributed by atoms with E-state index >= 15 is 0 Å². The first-order valence-corrected chi connectivity index (χ1v) is 7.46. The number of rotatable bonds is 5. The number of thiophene rings is 1. The van der Waals surface area contributed by atoms with Gasteiger partial charge in [0.25, 0.3) is 0 Å². The van der Waals surface area contributed by atoms with Crippen LogP contribution in [0.15, 0.2) is 41.1 Å². The third-order valence-electron chi connectivity index (χ3n) is 3.10. The Morgan fingerprint density at radius 3 is 2.81 bits per heavy atom. The van der Waals surface area contributed by atoms with Crippen LogP contribution in [0, 0.1) is 0 Å². The molecule has 0 fully saturated rings. The third-order valence-corrected chi connectivity index (χ3v) is 3.78. The average molecular weight is 306 g/mol. The van der Waals surface area contributed by atoms with Crippen LogP contribution in [0.25, 0.3) is 0 Å². The van der Waals surface area contributed by atoms with Crippen molar-refractivity contribution in [2.24, 2.45) is 0 Å². The lowest BCUT2D eigenvalue weighted by Gasteiger charge is -2.22. The van der Waals surface area contributed by atoms with Crippen LogP contribution in [-0.4, -0.2) is 22.8 Å². The third kappa shape index (κ3) is 4.47. The highest BCUT2D eigenvalue weighted by atomic mass is 32.1. The van der Waals surface area contributed by atoms with E-state index in [2.05, 4.69) is 10.6 Å². The van der Waals surface area contributed by atoms with Crippen LogP contribution in [0.2, 0.25) is 0 Å². The first-order valence-electron chi connectivity index (χ1n) is 6.52. The lowest BCUT2D eigenvalue weighted by molar-refractivity contribution is 0.0598. The molecular formula is C15H18N2O3S. The Kier molecular flexibility index (Phi) is 4.82. The molecule has 1 unspecified atom stereocenters. The van der Waals surface area contributed by atoms with E-state index in [-0.39, 0.29) is 18.3 Å². The van der Waals surface area contributed by atoms with Crippen molar-refractivity contribution in [2.75, 3.05) is 6.54 Å². The Bertz CT molecular complexity index is 597. The van der Waals surface area contributed by atoms with Gasteiger partial charge in [-0.1, -0.05) is 12.1 Å². The van der Waals surface area contributed by atoms with Gasteiger partial charge >= 0.3 is 6.03 Å². The molecule has 2 aromatic rings. The molecule has 112 valence electrons. The Morgan fingerprint density at radius 2 is 2.14 bits per heavy atom. The topological polar surface area (TPSA) is 81.6 Å². The zero-order chi connectivity index (χ0) is 15.3. The summed E-state index contributed by atoms with van der Waals surface area (Å²) in [5, 5.41) is 28.7. The molecule has 21 heavy (non-hydrogen) atoms. The smallest absolute Gasteiger partial charge is 0.315 e. The van der Waals surface area contributed by atoms with Crippen molar-refractivity contribution in [3.63, 3.8) is 0 Å². The van der Waals surface area contributed by atoms with Crippen LogP contribution in [0.1, 0.15) is 18.1 Å². The van der Waals surface area contributed by atoms with E-state index in [1.165, 1.54) is 11.3 Å². The fraction of sp³-hybridized carbons (Fsp3) is 0.267. The zero-order valence-electron chi connectivity index (χ0n) is 11.7. The summed E-state index contributed by atoms with van der Waals surface area (Å²) < 4.78 is 0. The highest BCUT2D eigenvalue weighted by molar-refractivity contribution is 7.08. The molecular weight excluding hydrogens is 288 g/mol. The number of hydrogen-bond acceptors (Lipinski definition) is 4. The summed E-state index contributed by atoms with van der Waals surface area (Å²) in [6, 6.07) is 8.14. The predicted molar refractivity (Wildman–Crippen MR) is 82.2 cm³/mol. The normalized spacial score (nSPS) is 13.4. The molecule has 0 saturated carbocycles. The summed E-state index contributed by atoms with van der Waals surface area (Å²) in [6.45, 7) is 2.08. The van der Waals surface area contributed by atoms with E-state index in [1.807, 2.05) is 22.9 Å². The van der Waals surface area contributed by atoms with E-state index in [1.54, 1.807) is 25.1 Å². The second kappa shape index (κ2) is 6.60. The van der Waals surface area contributed by atoms with Gasteiger partial charge in [0.15, 0.2) is 0 Å². The van der Waals surface area contributed by atoms with Gasteiger partial charge in [-0.2, -0.15) is 11.3 Å². The number of amides is 2. The molecule has 1 aromatic heterocycles. The highest BCUT2D eigenvalue weighted by Gasteiger charge is 2.24. The van der Waals surface area contributed by atoms with Gasteiger partial charge in [0.1, 0.15) is 11.4 Å². The maximum absolute atomic E-state index is 11.7. The van der Waals surface area contributed by atoms with Crippen LogP contribution in [0.4, 0.5) is 4.79 Å². The summed E-state index contributed by atoms with van der Waals surface area (Å²) >= 11 is 1.50. The van der Waals surface area contributed by atoms with Crippen LogP contribution >= 0.6 is 11.3 Å². The fourth-order valence-electron chi connectivity index (χ4n) is 1.84. The van der Waals surface area contributed by atoms with Crippen LogP contribution < -0.4 is 10.6 Å². The molecule has 0 aliphatic rings. The average Bonchev–Trinajstić information content (AvgIpc) is 2.98. The number of phenols is 1. The maximum atomic E-state index is 11.7. The summed E-state index contributed by atoms with van der Waals surface area (Å²) in [7, 11) is 0. The fourth-order valence-corrected chi connectivity index (χ4v) is 2.62. The second-order valence-electron chi connectivity index (χ2n) is 4.99. The van der Waals surface area contributed by atoms with Gasteiger partial charge in [-0.15, -0.1) is 0 Å². The first-order chi connectivity index (χ1) is 9.97. The lowest BCUT2D eigenvalue weighted by Crippen LogP contribution is -2.43. The van der Waals surface area contributed by atoms with Crippen LogP contribution in [-0.2, 0) is 12.1 Å². The highest BCUT2D eigenvalue weighted by Crippen LogP contribution is 2.21. The van der Waals surface area contributed by atoms with Gasteiger partial charge in [-0.3, -0.25) is 0 Å². The number of aliphatic hydroxyl groups is 1. The number of hydrogen-bond donors (Lipinski definition) is 4. The molecule has 1 atom stereocenters. The molecule has 1 heterocycles. The van der Waals surface area contributed by atoms with Crippen molar-refractivity contribution in [3.8, 4) is 5.75 Å². The largest absolute Gasteiger partial charge is 0.508 e. The van der Waals surface area contributed by atoms with E-state index in [0.717, 1.165) is 11.1 Å². The standard InChI is InChI=1S/C15H18N2O3S/c1-15(20,12-5-6-21-9-12)10-17-14(19)16-8-11-3-2-4-13(18)7-11/h2-7,9,18,20H,8,10H2,1H3,(H2,16,17,19). The molecule has 0 radical (unpaired) electrons. The van der Waals surface area contributed by atoms with E-state index in [9.17, 15) is 15.0 Å². The Hall–Kier alpha value is -2.05. The minimum atomic E-state index is -1.09. The number of carbonyl (C=O) groups excluding carboxylic acids is 1. The van der Waals surface area contributed by atoms with Gasteiger partial charge < -0.3 is 20.8 Å². The Labute approximate surface area is 127 Å². The minimum Gasteiger partial charge on any atom is -0.508 e. The lowest BCUT2D eigenvalue weighted by atomic mass is 9.99. The number of urea groups is 1. The minimum absolute atomic E-state index is 0.121. The van der Waals surface area contributed by atoms with Crippen molar-refractivity contribution in [1.82, 2.24) is 10.6 Å². The van der Waals surface area contributed by atoms with Crippen molar-refractivity contribution >= 4 is 17.4 Å². The molecule has 1 aromatic carbocycles. The number of aromatic hydroxyl groups is 1. The molecule has 0 saturated heterocycles. The van der Waals surface area contributed by atoms with Crippen molar-refractivity contribution in [2.45, 2.75) is 19.1 Å². The SMILES string of the molecule is CC(O)(CNC(=O)NCc1cccc(O)c1)c1ccsc1. The monoisotopic (exact) mass is 306 g/mol. The Morgan fingerprint density at radius 1 is 1.33 bits per heavy atom. The molecule has 0 aliphatic carbocycles. The molecule has 0 bridgehead atoms. The van der Waals surface area contributed by atoms with E-state index < -0.39 is 5.60 Å². The van der Waals surface area contributed by atoms with Gasteiger partial charge in [0.05, 0.1) is 6.54 Å². The van der Waals surface area contributed by atoms with Crippen LogP contribution in [0.3, 0.4) is 0 Å². The predicted octanol–water partition coefficient (Wildman–Crippen LogP) is 2.16. The molecule has 6 heteroatoms. The van der Waals surface area contributed by atoms with E-state index in [4.69, 9.17) is 0 Å². The van der Waals surface area contributed by atoms with Crippen molar-refractivity contribution in [3.05, 3.63) is 52.2 Å². The quantitative estimate of drug-likeness (QED) is 0.683. The van der Waals surface area contributed by atoms with Gasteiger partial charge in [0, 0.05) is 6.54 Å². The number of benzene rings is 1. The van der Waals surface area contributed by atoms with Gasteiger partial charge in [-0.25, -0.2) is 4.79 Å². The molecule has 4 N–H and O–H groups in total. The van der Waals surface area contributed by atoms with E-state index in [0.29, 0.717) is 6.54 Å². The molecule has 2 amide bonds. The van der Waals surface area contributed by atoms with Gasteiger partial charge in [-0.05, 0) is 47.0 Å². The summed E-state index contributed by atoms with van der Waals surface area (Å²) in [5.74, 6) is 0.162. The van der Waals surface area contributed by atoms with Crippen molar-refractivity contribution in [1.29, 1.82) is 0 Å². The summed E-state index contributed by atoms with van der Waals surface area (Å²) in [4.78, 5) is 11.7. The summed E-state index contributed by atoms with van der Waals surface area (Å²) in [6.07, 6.45) is 0. The molecule has 5 nitrogen and oxygen atoms in total. The first kappa shape index (κ1) is 15.3. The maximum Gasteiger partial charge on any atom is 0.315 e. The second-order valence-corrected chi connectivity index (χ2v) is 5.77. The van der Waals surface area contributed by atoms with Crippen LogP contribution in [0.5, 0.6) is 5.75 Å². The molecule has 2 rings (SSSR count). The van der Waals surface area contributed by atoms with Gasteiger partial charge in [0.2, 0.25) is 0 Å². The number of phenolic OH excluding ortho intramolecular Hbond substituents is 1. The summed E-state index contributed by atoms with van der Waals surface area (Å²) in [5.41, 5.74) is 0.484. The number of carbonyl (C=O) groups is 1. The Balaban J connectivity index is 1.80.